The van der Waals surface area contributed by atoms with Gasteiger partial charge < -0.3 is 34.2 Å². The van der Waals surface area contributed by atoms with Gasteiger partial charge >= 0.3 is 0 Å². The van der Waals surface area contributed by atoms with E-state index in [0.29, 0.717) is 41.0 Å². The van der Waals surface area contributed by atoms with Gasteiger partial charge in [-0.25, -0.2) is 32.8 Å². The SMILES string of the molecule is CO[C@H]1CN(C)C(=O)[C@@H]2C[C@@H](CN2c2nc(N3[C@H]4C[C@@H]3C(=O)N(C3CC3)C4)nc3c2cnn3-c2ccc(F)cc2F)Nc2ncc(F)c(n2)-c2nccc3nc(C)n(c23)C1. The van der Waals surface area contributed by atoms with Gasteiger partial charge in [-0.2, -0.15) is 15.1 Å². The number of aromatic nitrogens is 9. The number of aryl methyl sites for hydroxylation is 1. The molecule has 308 valence electrons. The number of amides is 2. The molecule has 4 saturated heterocycles. The molecule has 17 nitrogen and oxygen atoms in total. The summed E-state index contributed by atoms with van der Waals surface area (Å²) in [5, 5.41) is 8.28. The number of likely N-dealkylation sites (N-methyl/N-ethyl adjacent to an activating group) is 1. The summed E-state index contributed by atoms with van der Waals surface area (Å²) in [6.45, 7) is 3.05. The highest BCUT2D eigenvalue weighted by Crippen LogP contribution is 2.43. The molecule has 2 amide bonds. The molecule has 1 N–H and O–H groups in total. The van der Waals surface area contributed by atoms with Crippen LogP contribution < -0.4 is 15.1 Å². The molecule has 1 saturated carbocycles. The fraction of sp³-hybridized carbons (Fsp3) is 0.425. The first-order valence-electron chi connectivity index (χ1n) is 20.0. The van der Waals surface area contributed by atoms with Gasteiger partial charge in [0, 0.05) is 58.1 Å². The monoisotopic (exact) mass is 820 g/mol. The lowest BCUT2D eigenvalue weighted by Crippen LogP contribution is -2.72. The van der Waals surface area contributed by atoms with Crippen LogP contribution in [0.3, 0.4) is 0 Å². The van der Waals surface area contributed by atoms with Crippen molar-refractivity contribution in [3.63, 3.8) is 0 Å². The molecular formula is C40H39F3N14O3. The molecule has 5 aliphatic heterocycles. The number of rotatable bonds is 5. The van der Waals surface area contributed by atoms with Crippen LogP contribution in [0.15, 0.2) is 42.9 Å². The van der Waals surface area contributed by atoms with E-state index in [-0.39, 0.29) is 84.6 Å². The minimum Gasteiger partial charge on any atom is -0.378 e. The summed E-state index contributed by atoms with van der Waals surface area (Å²) < 4.78 is 54.4. The molecular weight excluding hydrogens is 782 g/mol. The van der Waals surface area contributed by atoms with E-state index in [4.69, 9.17) is 19.7 Å². The predicted molar refractivity (Wildman–Crippen MR) is 211 cm³/mol. The third kappa shape index (κ3) is 5.74. The van der Waals surface area contributed by atoms with Crippen molar-refractivity contribution in [1.82, 2.24) is 54.1 Å². The number of nitrogens with one attached hydrogen (secondary N) is 1. The van der Waals surface area contributed by atoms with Crippen LogP contribution in [0.5, 0.6) is 0 Å². The van der Waals surface area contributed by atoms with Crippen molar-refractivity contribution in [3.8, 4) is 17.1 Å². The van der Waals surface area contributed by atoms with Crippen LogP contribution in [0, 0.1) is 24.4 Å². The van der Waals surface area contributed by atoms with Gasteiger partial charge in [-0.05, 0) is 50.8 Å². The number of methoxy groups -OCH3 is 1. The van der Waals surface area contributed by atoms with Gasteiger partial charge in [0.2, 0.25) is 23.7 Å². The molecule has 10 heterocycles. The number of halogens is 3. The number of pyridine rings is 1. The molecule has 20 heteroatoms. The van der Waals surface area contributed by atoms with E-state index in [9.17, 15) is 14.0 Å². The molecule has 0 spiro atoms. The van der Waals surface area contributed by atoms with Gasteiger partial charge in [0.15, 0.2) is 17.3 Å². The second-order valence-electron chi connectivity index (χ2n) is 16.3. The van der Waals surface area contributed by atoms with E-state index < -0.39 is 41.7 Å². The van der Waals surface area contributed by atoms with Gasteiger partial charge in [-0.3, -0.25) is 14.6 Å². The topological polar surface area (TPSA) is 168 Å². The molecule has 5 atom stereocenters. The molecule has 6 bridgehead atoms. The molecule has 12 rings (SSSR count). The number of carbonyl (C=O) groups excluding carboxylic acids is 2. The largest absolute Gasteiger partial charge is 0.378 e. The Balaban J connectivity index is 1.04. The highest BCUT2D eigenvalue weighted by atomic mass is 19.1. The minimum atomic E-state index is -0.845. The average Bonchev–Trinajstić information content (AvgIpc) is 3.72. The zero-order valence-corrected chi connectivity index (χ0v) is 32.8. The number of carbonyl (C=O) groups is 2. The predicted octanol–water partition coefficient (Wildman–Crippen LogP) is 3.24. The number of hydrogen-bond acceptors (Lipinski definition) is 13. The fourth-order valence-electron chi connectivity index (χ4n) is 9.40. The van der Waals surface area contributed by atoms with E-state index in [2.05, 4.69) is 25.4 Å². The van der Waals surface area contributed by atoms with Crippen LogP contribution in [0.4, 0.5) is 30.9 Å². The summed E-state index contributed by atoms with van der Waals surface area (Å²) in [5.74, 6) is -1.11. The quantitative estimate of drug-likeness (QED) is 0.270. The maximum atomic E-state index is 15.7. The van der Waals surface area contributed by atoms with Crippen LogP contribution in [-0.4, -0.2) is 136 Å². The van der Waals surface area contributed by atoms with E-state index in [0.717, 1.165) is 31.2 Å². The Bertz CT molecular complexity index is 2760. The van der Waals surface area contributed by atoms with E-state index >= 15 is 8.78 Å². The van der Waals surface area contributed by atoms with Crippen LogP contribution >= 0.6 is 0 Å². The minimum absolute atomic E-state index is 0.0137. The maximum Gasteiger partial charge on any atom is 0.245 e. The third-order valence-electron chi connectivity index (χ3n) is 12.5. The molecule has 0 unspecified atom stereocenters. The smallest absolute Gasteiger partial charge is 0.245 e. The Morgan fingerprint density at radius 2 is 1.68 bits per heavy atom. The molecule has 1 aliphatic carbocycles. The highest BCUT2D eigenvalue weighted by molar-refractivity contribution is 5.95. The van der Waals surface area contributed by atoms with Crippen LogP contribution in [-0.2, 0) is 20.9 Å². The molecule has 5 aromatic heterocycles. The van der Waals surface area contributed by atoms with Gasteiger partial charge in [0.25, 0.3) is 0 Å². The van der Waals surface area contributed by atoms with Crippen molar-refractivity contribution in [2.75, 3.05) is 48.9 Å². The van der Waals surface area contributed by atoms with Crippen molar-refractivity contribution in [3.05, 3.63) is 66.1 Å². The first-order chi connectivity index (χ1) is 29.0. The highest BCUT2D eigenvalue weighted by Gasteiger charge is 2.54. The van der Waals surface area contributed by atoms with Crippen LogP contribution in [0.25, 0.3) is 39.1 Å². The summed E-state index contributed by atoms with van der Waals surface area (Å²) >= 11 is 0. The summed E-state index contributed by atoms with van der Waals surface area (Å²) in [6.07, 6.45) is 6.53. The van der Waals surface area contributed by atoms with Gasteiger partial charge in [-0.1, -0.05) is 0 Å². The Hall–Kier alpha value is -6.44. The standard InChI is InChI=1S/C40H39F3N14O3/c1-19-47-28-8-9-44-33-32-27(43)14-45-39(49-32)48-21-11-30(37(58)52(2)17-24(60-3)18-53(19)34(28)33)55(15-21)35-25-13-46-57(29-7-4-20(41)10-26(29)42)36(25)51-40(50-35)56-23-12-31(56)38(59)54(16-23)22-5-6-22/h4,7-10,13-14,21-24,30-31H,5-6,11-12,15-18H2,1-3H3,(H,45,48,49)/t21-,23-,24-,30-,31+/m0/s1. The lowest BCUT2D eigenvalue weighted by molar-refractivity contribution is -0.140. The Morgan fingerprint density at radius 1 is 0.833 bits per heavy atom. The molecule has 1 aromatic carbocycles. The lowest BCUT2D eigenvalue weighted by atomic mass is 9.87. The Kier molecular flexibility index (Phi) is 8.27. The van der Waals surface area contributed by atoms with Gasteiger partial charge in [0.1, 0.15) is 46.6 Å². The number of ether oxygens (including phenoxy) is 1. The third-order valence-corrected chi connectivity index (χ3v) is 12.5. The molecule has 6 aromatic rings. The zero-order chi connectivity index (χ0) is 41.1. The summed E-state index contributed by atoms with van der Waals surface area (Å²) in [4.78, 5) is 64.1. The second-order valence-corrected chi connectivity index (χ2v) is 16.3. The zero-order valence-electron chi connectivity index (χ0n) is 32.8. The number of piperazine rings is 1. The maximum absolute atomic E-state index is 15.7. The number of piperidine rings is 1. The fourth-order valence-corrected chi connectivity index (χ4v) is 9.40. The van der Waals surface area contributed by atoms with Crippen molar-refractivity contribution in [2.45, 2.75) is 75.5 Å². The van der Waals surface area contributed by atoms with E-state index in [1.165, 1.54) is 16.9 Å². The summed E-state index contributed by atoms with van der Waals surface area (Å²) in [5.41, 5.74) is 1.64. The normalized spacial score (nSPS) is 24.2. The number of benzene rings is 1. The summed E-state index contributed by atoms with van der Waals surface area (Å²) in [6, 6.07) is 3.44. The number of anilines is 3. The second kappa shape index (κ2) is 13.5. The van der Waals surface area contributed by atoms with Gasteiger partial charge in [-0.15, -0.1) is 0 Å². The number of hydrogen-bond donors (Lipinski definition) is 1. The first-order valence-corrected chi connectivity index (χ1v) is 20.0. The molecule has 5 fully saturated rings. The van der Waals surface area contributed by atoms with E-state index in [1.807, 2.05) is 26.2 Å². The van der Waals surface area contributed by atoms with Crippen LogP contribution in [0.1, 0.15) is 31.5 Å². The van der Waals surface area contributed by atoms with Crippen LogP contribution in [0.2, 0.25) is 0 Å². The van der Waals surface area contributed by atoms with Crippen molar-refractivity contribution in [1.29, 1.82) is 0 Å². The average molecular weight is 821 g/mol. The number of fused-ring (bicyclic) bond motifs is 8. The molecule has 0 radical (unpaired) electrons. The van der Waals surface area contributed by atoms with Gasteiger partial charge in [0.05, 0.1) is 47.5 Å². The Morgan fingerprint density at radius 3 is 2.47 bits per heavy atom. The van der Waals surface area contributed by atoms with Crippen molar-refractivity contribution < 1.29 is 27.5 Å². The lowest BCUT2D eigenvalue weighted by Gasteiger charge is -2.55. The summed E-state index contributed by atoms with van der Waals surface area (Å²) in [7, 11) is 3.29. The number of nitrogens with zero attached hydrogens (tertiary/aromatic N) is 13. The van der Waals surface area contributed by atoms with Crippen molar-refractivity contribution >= 4 is 51.6 Å². The first kappa shape index (κ1) is 36.6. The Labute approximate surface area is 340 Å². The molecule has 6 aliphatic rings. The van der Waals surface area contributed by atoms with Crippen molar-refractivity contribution in [2.24, 2.45) is 0 Å². The number of imidazole rings is 1. The molecule has 60 heavy (non-hydrogen) atoms. The van der Waals surface area contributed by atoms with E-state index in [1.54, 1.807) is 31.3 Å².